The summed E-state index contributed by atoms with van der Waals surface area (Å²) < 4.78 is 7.64. The third-order valence-electron chi connectivity index (χ3n) is 3.92. The first kappa shape index (κ1) is 14.5. The Labute approximate surface area is 115 Å². The van der Waals surface area contributed by atoms with Crippen molar-refractivity contribution < 1.29 is 4.74 Å². The highest BCUT2D eigenvalue weighted by molar-refractivity contribution is 5.22. The summed E-state index contributed by atoms with van der Waals surface area (Å²) in [5.41, 5.74) is 8.48. The summed E-state index contributed by atoms with van der Waals surface area (Å²) >= 11 is 0. The normalized spacial score (nSPS) is 22.6. The molecular weight excluding hydrogens is 240 g/mol. The lowest BCUT2D eigenvalue weighted by atomic mass is 10.0. The third-order valence-corrected chi connectivity index (χ3v) is 3.92. The minimum Gasteiger partial charge on any atom is -0.376 e. The van der Waals surface area contributed by atoms with Gasteiger partial charge in [0.15, 0.2) is 0 Å². The molecule has 19 heavy (non-hydrogen) atoms. The Bertz CT molecular complexity index is 404. The number of ether oxygens (including phenoxy) is 1. The van der Waals surface area contributed by atoms with Crippen molar-refractivity contribution in [1.29, 1.82) is 0 Å². The van der Waals surface area contributed by atoms with Crippen molar-refractivity contribution in [3.63, 3.8) is 0 Å². The molecule has 2 heterocycles. The van der Waals surface area contributed by atoms with Gasteiger partial charge in [-0.25, -0.2) is 0 Å². The minimum atomic E-state index is 0.265. The Morgan fingerprint density at radius 2 is 2.32 bits per heavy atom. The highest BCUT2D eigenvalue weighted by atomic mass is 16.5. The van der Waals surface area contributed by atoms with Gasteiger partial charge < -0.3 is 10.5 Å². The van der Waals surface area contributed by atoms with Crippen molar-refractivity contribution in [3.05, 3.63) is 17.5 Å². The van der Waals surface area contributed by atoms with Gasteiger partial charge in [0.25, 0.3) is 0 Å². The average Bonchev–Trinajstić information content (AvgIpc) is 2.81. The molecule has 1 saturated heterocycles. The zero-order valence-electron chi connectivity index (χ0n) is 12.3. The molecule has 1 aliphatic rings. The van der Waals surface area contributed by atoms with E-state index >= 15 is 0 Å². The lowest BCUT2D eigenvalue weighted by Crippen LogP contribution is -2.46. The van der Waals surface area contributed by atoms with Gasteiger partial charge in [-0.05, 0) is 12.8 Å². The van der Waals surface area contributed by atoms with Crippen LogP contribution in [0.15, 0.2) is 6.20 Å². The second-order valence-corrected chi connectivity index (χ2v) is 5.21. The Kier molecular flexibility index (Phi) is 4.96. The molecule has 0 radical (unpaired) electrons. The van der Waals surface area contributed by atoms with Gasteiger partial charge in [0.1, 0.15) is 0 Å². The quantitative estimate of drug-likeness (QED) is 0.867. The van der Waals surface area contributed by atoms with Crippen LogP contribution >= 0.6 is 0 Å². The molecule has 0 aliphatic carbocycles. The van der Waals surface area contributed by atoms with E-state index in [1.54, 1.807) is 0 Å². The molecule has 1 aromatic rings. The van der Waals surface area contributed by atoms with Crippen molar-refractivity contribution >= 4 is 0 Å². The van der Waals surface area contributed by atoms with Crippen LogP contribution in [0.3, 0.4) is 0 Å². The van der Waals surface area contributed by atoms with Crippen LogP contribution in [0.2, 0.25) is 0 Å². The maximum Gasteiger partial charge on any atom is 0.0700 e. The molecule has 0 saturated carbocycles. The number of nitrogens with two attached hydrogens (primary N) is 1. The van der Waals surface area contributed by atoms with Gasteiger partial charge in [-0.3, -0.25) is 9.58 Å². The third kappa shape index (κ3) is 3.16. The number of aryl methyl sites for hydroxylation is 2. The standard InChI is InChI=1S/C14H26N4O/c1-4-11-9-18(6-7-19-11)14(8-15)12-10-17(3)16-13(12)5-2/h10-11,14H,4-9,15H2,1-3H3. The first-order valence-corrected chi connectivity index (χ1v) is 7.27. The largest absolute Gasteiger partial charge is 0.376 e. The Balaban J connectivity index is 2.18. The smallest absolute Gasteiger partial charge is 0.0700 e. The van der Waals surface area contributed by atoms with Gasteiger partial charge in [-0.1, -0.05) is 13.8 Å². The van der Waals surface area contributed by atoms with E-state index in [1.165, 1.54) is 5.56 Å². The molecule has 1 aromatic heterocycles. The van der Waals surface area contributed by atoms with Crippen LogP contribution in [-0.2, 0) is 18.2 Å². The topological polar surface area (TPSA) is 56.3 Å². The van der Waals surface area contributed by atoms with E-state index in [2.05, 4.69) is 30.0 Å². The molecule has 1 aliphatic heterocycles. The Morgan fingerprint density at radius 3 is 2.95 bits per heavy atom. The molecule has 0 bridgehead atoms. The van der Waals surface area contributed by atoms with Gasteiger partial charge in [-0.2, -0.15) is 5.10 Å². The number of hydrogen-bond acceptors (Lipinski definition) is 4. The number of nitrogens with zero attached hydrogens (tertiary/aromatic N) is 3. The van der Waals surface area contributed by atoms with Gasteiger partial charge in [-0.15, -0.1) is 0 Å². The fourth-order valence-electron chi connectivity index (χ4n) is 2.85. The van der Waals surface area contributed by atoms with Crippen LogP contribution < -0.4 is 5.73 Å². The number of hydrogen-bond donors (Lipinski definition) is 1. The Hall–Kier alpha value is -0.910. The van der Waals surface area contributed by atoms with E-state index in [-0.39, 0.29) is 6.04 Å². The average molecular weight is 266 g/mol. The van der Waals surface area contributed by atoms with E-state index in [0.717, 1.165) is 38.2 Å². The highest BCUT2D eigenvalue weighted by Crippen LogP contribution is 2.25. The van der Waals surface area contributed by atoms with Gasteiger partial charge in [0.05, 0.1) is 24.4 Å². The van der Waals surface area contributed by atoms with Gasteiger partial charge in [0, 0.05) is 38.4 Å². The summed E-state index contributed by atoms with van der Waals surface area (Å²) in [7, 11) is 1.98. The first-order chi connectivity index (χ1) is 9.19. The van der Waals surface area contributed by atoms with Crippen LogP contribution in [0.4, 0.5) is 0 Å². The molecule has 2 rings (SSSR count). The summed E-state index contributed by atoms with van der Waals surface area (Å²) in [6, 6.07) is 0.265. The predicted octanol–water partition coefficient (Wildman–Crippen LogP) is 1.09. The highest BCUT2D eigenvalue weighted by Gasteiger charge is 2.28. The lowest BCUT2D eigenvalue weighted by molar-refractivity contribution is -0.0438. The van der Waals surface area contributed by atoms with Crippen molar-refractivity contribution in [1.82, 2.24) is 14.7 Å². The molecule has 0 spiro atoms. The summed E-state index contributed by atoms with van der Waals surface area (Å²) in [5, 5.41) is 4.54. The zero-order chi connectivity index (χ0) is 13.8. The summed E-state index contributed by atoms with van der Waals surface area (Å²) in [6.07, 6.45) is 4.46. The molecule has 5 nitrogen and oxygen atoms in total. The van der Waals surface area contributed by atoms with Crippen LogP contribution in [0.25, 0.3) is 0 Å². The van der Waals surface area contributed by atoms with Crippen LogP contribution in [0, 0.1) is 0 Å². The zero-order valence-corrected chi connectivity index (χ0v) is 12.3. The van der Waals surface area contributed by atoms with E-state index in [0.29, 0.717) is 12.6 Å². The summed E-state index contributed by atoms with van der Waals surface area (Å²) in [6.45, 7) is 7.68. The molecule has 2 unspecified atom stereocenters. The van der Waals surface area contributed by atoms with Crippen LogP contribution in [-0.4, -0.2) is 47.0 Å². The van der Waals surface area contributed by atoms with E-state index in [4.69, 9.17) is 10.5 Å². The van der Waals surface area contributed by atoms with Crippen molar-refractivity contribution in [2.45, 2.75) is 38.8 Å². The Morgan fingerprint density at radius 1 is 1.53 bits per heavy atom. The molecule has 2 N–H and O–H groups in total. The molecule has 108 valence electrons. The van der Waals surface area contributed by atoms with Gasteiger partial charge in [0.2, 0.25) is 0 Å². The van der Waals surface area contributed by atoms with E-state index in [1.807, 2.05) is 11.7 Å². The fraction of sp³-hybridized carbons (Fsp3) is 0.786. The van der Waals surface area contributed by atoms with Crippen LogP contribution in [0.1, 0.15) is 37.6 Å². The lowest BCUT2D eigenvalue weighted by Gasteiger charge is -2.37. The molecule has 0 amide bonds. The summed E-state index contributed by atoms with van der Waals surface area (Å²) in [4.78, 5) is 2.45. The number of rotatable bonds is 5. The summed E-state index contributed by atoms with van der Waals surface area (Å²) in [5.74, 6) is 0. The van der Waals surface area contributed by atoms with E-state index < -0.39 is 0 Å². The van der Waals surface area contributed by atoms with Crippen LogP contribution in [0.5, 0.6) is 0 Å². The number of morpholine rings is 1. The molecule has 2 atom stereocenters. The van der Waals surface area contributed by atoms with Crippen molar-refractivity contribution in [2.75, 3.05) is 26.2 Å². The SMILES string of the molecule is CCc1nn(C)cc1C(CN)N1CCOC(CC)C1. The molecule has 5 heteroatoms. The van der Waals surface area contributed by atoms with Crippen molar-refractivity contribution in [3.8, 4) is 0 Å². The maximum absolute atomic E-state index is 6.04. The fourth-order valence-corrected chi connectivity index (χ4v) is 2.85. The van der Waals surface area contributed by atoms with Gasteiger partial charge >= 0.3 is 0 Å². The van der Waals surface area contributed by atoms with Crippen molar-refractivity contribution in [2.24, 2.45) is 12.8 Å². The predicted molar refractivity (Wildman–Crippen MR) is 76.0 cm³/mol. The van der Waals surface area contributed by atoms with E-state index in [9.17, 15) is 0 Å². The number of aromatic nitrogens is 2. The maximum atomic E-state index is 6.04. The molecule has 1 fully saturated rings. The minimum absolute atomic E-state index is 0.265. The molecule has 0 aromatic carbocycles. The second kappa shape index (κ2) is 6.50. The second-order valence-electron chi connectivity index (χ2n) is 5.21. The molecular formula is C14H26N4O. The first-order valence-electron chi connectivity index (χ1n) is 7.27. The monoisotopic (exact) mass is 266 g/mol.